The lowest BCUT2D eigenvalue weighted by molar-refractivity contribution is 0.0554. The zero-order chi connectivity index (χ0) is 21.8. The van der Waals surface area contributed by atoms with Gasteiger partial charge in [0.05, 0.1) is 0 Å². The molecule has 1 aliphatic heterocycles. The molecule has 2 heterocycles. The third-order valence-electron chi connectivity index (χ3n) is 4.99. The SMILES string of the molecule is O=C(On1c(O)ccc1O)N1CCN(Cc2ccc(Br)cc2Oc2ccccc2)CC1. The van der Waals surface area contributed by atoms with Crippen LogP contribution in [0.2, 0.25) is 0 Å². The normalized spacial score (nSPS) is 14.4. The van der Waals surface area contributed by atoms with E-state index < -0.39 is 6.09 Å². The fraction of sp³-hybridized carbons (Fsp3) is 0.227. The van der Waals surface area contributed by atoms with Gasteiger partial charge in [0.1, 0.15) is 11.5 Å². The lowest BCUT2D eigenvalue weighted by atomic mass is 10.1. The zero-order valence-electron chi connectivity index (χ0n) is 16.6. The van der Waals surface area contributed by atoms with Crippen molar-refractivity contribution >= 4 is 22.0 Å². The van der Waals surface area contributed by atoms with Crippen molar-refractivity contribution in [3.8, 4) is 23.3 Å². The third-order valence-corrected chi connectivity index (χ3v) is 5.48. The van der Waals surface area contributed by atoms with Crippen LogP contribution in [-0.4, -0.2) is 57.0 Å². The molecule has 2 aromatic carbocycles. The summed E-state index contributed by atoms with van der Waals surface area (Å²) in [5, 5.41) is 19.2. The molecule has 0 unspecified atom stereocenters. The van der Waals surface area contributed by atoms with E-state index >= 15 is 0 Å². The van der Waals surface area contributed by atoms with E-state index in [1.807, 2.05) is 48.5 Å². The van der Waals surface area contributed by atoms with Gasteiger partial charge in [0.2, 0.25) is 11.8 Å². The van der Waals surface area contributed by atoms with Crippen LogP contribution >= 0.6 is 15.9 Å². The van der Waals surface area contributed by atoms with E-state index in [2.05, 4.69) is 20.8 Å². The van der Waals surface area contributed by atoms with Crippen molar-refractivity contribution in [2.24, 2.45) is 0 Å². The van der Waals surface area contributed by atoms with E-state index in [0.29, 0.717) is 37.5 Å². The highest BCUT2D eigenvalue weighted by Crippen LogP contribution is 2.30. The van der Waals surface area contributed by atoms with Crippen molar-refractivity contribution in [1.82, 2.24) is 14.5 Å². The van der Waals surface area contributed by atoms with E-state index in [1.165, 1.54) is 12.1 Å². The zero-order valence-corrected chi connectivity index (χ0v) is 18.2. The molecule has 1 aliphatic rings. The topological polar surface area (TPSA) is 87.4 Å². The molecule has 0 bridgehead atoms. The Kier molecular flexibility index (Phi) is 6.34. The fourth-order valence-electron chi connectivity index (χ4n) is 3.33. The second-order valence-corrected chi connectivity index (χ2v) is 8.05. The van der Waals surface area contributed by atoms with Crippen molar-refractivity contribution in [3.63, 3.8) is 0 Å². The second-order valence-electron chi connectivity index (χ2n) is 7.13. The van der Waals surface area contributed by atoms with Crippen LogP contribution in [0.3, 0.4) is 0 Å². The first kappa shape index (κ1) is 21.1. The average Bonchev–Trinajstić information content (AvgIpc) is 3.09. The van der Waals surface area contributed by atoms with Gasteiger partial charge < -0.3 is 24.7 Å². The van der Waals surface area contributed by atoms with Gasteiger partial charge in [-0.3, -0.25) is 4.90 Å². The number of para-hydroxylation sites is 1. The first-order chi connectivity index (χ1) is 15.0. The molecule has 162 valence electrons. The van der Waals surface area contributed by atoms with E-state index in [0.717, 1.165) is 21.5 Å². The molecule has 0 saturated carbocycles. The van der Waals surface area contributed by atoms with Crippen molar-refractivity contribution < 1.29 is 24.6 Å². The van der Waals surface area contributed by atoms with Crippen LogP contribution in [0.4, 0.5) is 4.79 Å². The predicted octanol–water partition coefficient (Wildman–Crippen LogP) is 3.82. The average molecular weight is 488 g/mol. The number of rotatable bonds is 5. The largest absolute Gasteiger partial charge is 0.492 e. The van der Waals surface area contributed by atoms with E-state index in [9.17, 15) is 15.0 Å². The first-order valence-corrected chi connectivity index (χ1v) is 10.6. The highest BCUT2D eigenvalue weighted by molar-refractivity contribution is 9.10. The third kappa shape index (κ3) is 5.12. The molecule has 31 heavy (non-hydrogen) atoms. The molecule has 0 spiro atoms. The molecule has 2 N–H and O–H groups in total. The first-order valence-electron chi connectivity index (χ1n) is 9.80. The van der Waals surface area contributed by atoms with Crippen molar-refractivity contribution in [2.45, 2.75) is 6.54 Å². The number of carbonyl (C=O) groups excluding carboxylic acids is 1. The predicted molar refractivity (Wildman–Crippen MR) is 117 cm³/mol. The smallest absolute Gasteiger partial charge is 0.434 e. The molecule has 3 aromatic rings. The molecule has 1 amide bonds. The summed E-state index contributed by atoms with van der Waals surface area (Å²) in [5.74, 6) is 0.864. The number of carbonyl (C=O) groups is 1. The summed E-state index contributed by atoms with van der Waals surface area (Å²) in [5.41, 5.74) is 1.05. The standard InChI is InChI=1S/C22H22BrN3O5/c23-17-7-6-16(19(14-17)30-18-4-2-1-3-5-18)15-24-10-12-25(13-11-24)22(29)31-26-20(27)8-9-21(26)28/h1-9,14,27-28H,10-13,15H2. The van der Waals surface area contributed by atoms with Crippen LogP contribution in [0.25, 0.3) is 0 Å². The number of halogens is 1. The van der Waals surface area contributed by atoms with Crippen LogP contribution < -0.4 is 9.57 Å². The lowest BCUT2D eigenvalue weighted by Crippen LogP contribution is -2.50. The number of nitrogens with zero attached hydrogens (tertiary/aromatic N) is 3. The summed E-state index contributed by atoms with van der Waals surface area (Å²) in [6.07, 6.45) is -0.627. The fourth-order valence-corrected chi connectivity index (χ4v) is 3.67. The van der Waals surface area contributed by atoms with E-state index in [4.69, 9.17) is 9.57 Å². The van der Waals surface area contributed by atoms with E-state index in [-0.39, 0.29) is 11.8 Å². The van der Waals surface area contributed by atoms with Gasteiger partial charge in [0.15, 0.2) is 0 Å². The summed E-state index contributed by atoms with van der Waals surface area (Å²) >= 11 is 3.50. The van der Waals surface area contributed by atoms with Crippen LogP contribution in [0.5, 0.6) is 23.3 Å². The Hall–Kier alpha value is -3.17. The van der Waals surface area contributed by atoms with Gasteiger partial charge in [-0.25, -0.2) is 4.79 Å². The van der Waals surface area contributed by atoms with Gasteiger partial charge in [-0.15, -0.1) is 4.73 Å². The van der Waals surface area contributed by atoms with Crippen LogP contribution in [0, 0.1) is 0 Å². The number of aromatic hydroxyl groups is 2. The maximum atomic E-state index is 12.3. The molecule has 1 aromatic heterocycles. The molecule has 1 fully saturated rings. The maximum absolute atomic E-state index is 12.3. The van der Waals surface area contributed by atoms with Gasteiger partial charge in [-0.1, -0.05) is 40.2 Å². The maximum Gasteiger partial charge on any atom is 0.434 e. The second kappa shape index (κ2) is 9.32. The highest BCUT2D eigenvalue weighted by atomic mass is 79.9. The molecule has 0 aliphatic carbocycles. The number of amides is 1. The number of ether oxygens (including phenoxy) is 1. The minimum absolute atomic E-state index is 0.342. The van der Waals surface area contributed by atoms with Gasteiger partial charge >= 0.3 is 6.09 Å². The molecule has 0 radical (unpaired) electrons. The number of hydrogen-bond donors (Lipinski definition) is 2. The Morgan fingerprint density at radius 3 is 2.29 bits per heavy atom. The summed E-state index contributed by atoms with van der Waals surface area (Å²) < 4.78 is 7.72. The van der Waals surface area contributed by atoms with Crippen LogP contribution in [0.15, 0.2) is 65.1 Å². The monoisotopic (exact) mass is 487 g/mol. The Morgan fingerprint density at radius 2 is 1.61 bits per heavy atom. The summed E-state index contributed by atoms with van der Waals surface area (Å²) in [4.78, 5) is 21.2. The minimum Gasteiger partial charge on any atom is -0.492 e. The highest BCUT2D eigenvalue weighted by Gasteiger charge is 2.25. The molecular weight excluding hydrogens is 466 g/mol. The molecule has 8 nitrogen and oxygen atoms in total. The number of piperazine rings is 1. The minimum atomic E-state index is -0.627. The Balaban J connectivity index is 1.36. The number of hydrogen-bond acceptors (Lipinski definition) is 6. The molecule has 4 rings (SSSR count). The van der Waals surface area contributed by atoms with Crippen molar-refractivity contribution in [1.29, 1.82) is 0 Å². The number of aromatic nitrogens is 1. The van der Waals surface area contributed by atoms with Gasteiger partial charge in [0.25, 0.3) is 0 Å². The van der Waals surface area contributed by atoms with Gasteiger partial charge in [-0.2, -0.15) is 0 Å². The molecular formula is C22H22BrN3O5. The quantitative estimate of drug-likeness (QED) is 0.568. The molecule has 9 heteroatoms. The van der Waals surface area contributed by atoms with Crippen molar-refractivity contribution in [2.75, 3.05) is 26.2 Å². The Bertz CT molecular complexity index is 1030. The number of benzene rings is 2. The summed E-state index contributed by atoms with van der Waals surface area (Å²) in [6, 6.07) is 18.1. The van der Waals surface area contributed by atoms with Gasteiger partial charge in [-0.05, 0) is 24.3 Å². The summed E-state index contributed by atoms with van der Waals surface area (Å²) in [7, 11) is 0. The lowest BCUT2D eigenvalue weighted by Gasteiger charge is -2.34. The Morgan fingerprint density at radius 1 is 0.935 bits per heavy atom. The van der Waals surface area contributed by atoms with Crippen LogP contribution in [0.1, 0.15) is 5.56 Å². The van der Waals surface area contributed by atoms with Gasteiger partial charge in [0, 0.05) is 54.9 Å². The molecule has 0 atom stereocenters. The van der Waals surface area contributed by atoms with Crippen molar-refractivity contribution in [3.05, 3.63) is 70.7 Å². The van der Waals surface area contributed by atoms with E-state index in [1.54, 1.807) is 4.90 Å². The molecule has 1 saturated heterocycles. The van der Waals surface area contributed by atoms with Crippen LogP contribution in [-0.2, 0) is 6.54 Å². The summed E-state index contributed by atoms with van der Waals surface area (Å²) in [6.45, 7) is 2.91. The Labute approximate surface area is 187 Å².